The van der Waals surface area contributed by atoms with E-state index in [4.69, 9.17) is 0 Å². The van der Waals surface area contributed by atoms with Gasteiger partial charge in [-0.25, -0.2) is 0 Å². The van der Waals surface area contributed by atoms with Gasteiger partial charge in [0.1, 0.15) is 6.04 Å². The van der Waals surface area contributed by atoms with Crippen LogP contribution in [0.2, 0.25) is 0 Å². The maximum atomic E-state index is 13.5. The molecule has 2 aromatic rings. The number of hydrogen-bond acceptors (Lipinski definition) is 5. The maximum absolute atomic E-state index is 13.5. The van der Waals surface area contributed by atoms with Crippen molar-refractivity contribution in [3.63, 3.8) is 0 Å². The molecule has 0 bridgehead atoms. The highest BCUT2D eigenvalue weighted by Crippen LogP contribution is 2.32. The minimum atomic E-state index is -0.588. The molecule has 0 spiro atoms. The van der Waals surface area contributed by atoms with Crippen molar-refractivity contribution in [1.29, 1.82) is 0 Å². The molecular weight excluding hydrogens is 404 g/mol. The van der Waals surface area contributed by atoms with Crippen LogP contribution in [0.25, 0.3) is 0 Å². The standard InChI is InChI=1S/C25H28N4O3/c30-22-10-9-21(24(31)27-22)29-16-18-6-4-5-17(23(18)25(29)32)15-28(19-7-2-1-3-8-19)20-11-13-26-14-12-20/h1-8,20-21,26H,9-16H2,(H,27,30,31). The fraction of sp³-hybridized carbons (Fsp3) is 0.400. The summed E-state index contributed by atoms with van der Waals surface area (Å²) in [5.41, 5.74) is 3.82. The SMILES string of the molecule is O=C1CCC(N2Cc3cccc(CN(c4ccccc4)C4CCNCC4)c3C2=O)C(=O)N1. The van der Waals surface area contributed by atoms with Crippen LogP contribution >= 0.6 is 0 Å². The summed E-state index contributed by atoms with van der Waals surface area (Å²) in [6.07, 6.45) is 2.76. The molecular formula is C25H28N4O3. The molecule has 7 heteroatoms. The van der Waals surface area contributed by atoms with Gasteiger partial charge in [-0.2, -0.15) is 0 Å². The van der Waals surface area contributed by atoms with E-state index in [-0.39, 0.29) is 24.1 Å². The summed E-state index contributed by atoms with van der Waals surface area (Å²) in [6.45, 7) is 3.03. The first-order valence-corrected chi connectivity index (χ1v) is 11.4. The number of fused-ring (bicyclic) bond motifs is 1. The van der Waals surface area contributed by atoms with Gasteiger partial charge in [-0.1, -0.05) is 36.4 Å². The van der Waals surface area contributed by atoms with Gasteiger partial charge in [0.25, 0.3) is 5.91 Å². The molecule has 3 amide bonds. The summed E-state index contributed by atoms with van der Waals surface area (Å²) in [5, 5.41) is 5.81. The van der Waals surface area contributed by atoms with Crippen molar-refractivity contribution >= 4 is 23.4 Å². The van der Waals surface area contributed by atoms with Crippen molar-refractivity contribution < 1.29 is 14.4 Å². The van der Waals surface area contributed by atoms with E-state index in [1.165, 1.54) is 0 Å². The van der Waals surface area contributed by atoms with E-state index in [0.29, 0.717) is 31.1 Å². The summed E-state index contributed by atoms with van der Waals surface area (Å²) >= 11 is 0. The van der Waals surface area contributed by atoms with E-state index in [1.807, 2.05) is 24.3 Å². The van der Waals surface area contributed by atoms with Crippen molar-refractivity contribution in [3.05, 3.63) is 65.2 Å². The average Bonchev–Trinajstić information content (AvgIpc) is 3.15. The van der Waals surface area contributed by atoms with Crippen LogP contribution in [0.5, 0.6) is 0 Å². The first kappa shape index (κ1) is 20.7. The Morgan fingerprint density at radius 1 is 0.938 bits per heavy atom. The Bertz CT molecular complexity index is 1030. The zero-order valence-corrected chi connectivity index (χ0v) is 18.0. The molecule has 0 radical (unpaired) electrons. The monoisotopic (exact) mass is 432 g/mol. The zero-order valence-electron chi connectivity index (χ0n) is 18.0. The average molecular weight is 433 g/mol. The third-order valence-electron chi connectivity index (χ3n) is 6.82. The number of para-hydroxylation sites is 1. The Balaban J connectivity index is 1.44. The summed E-state index contributed by atoms with van der Waals surface area (Å²) in [4.78, 5) is 41.5. The molecule has 5 rings (SSSR count). The second-order valence-corrected chi connectivity index (χ2v) is 8.80. The Hall–Kier alpha value is -3.19. The Kier molecular flexibility index (Phi) is 5.66. The lowest BCUT2D eigenvalue weighted by atomic mass is 9.99. The Morgan fingerprint density at radius 2 is 1.72 bits per heavy atom. The van der Waals surface area contributed by atoms with Crippen molar-refractivity contribution in [2.75, 3.05) is 18.0 Å². The molecule has 2 N–H and O–H groups in total. The van der Waals surface area contributed by atoms with Gasteiger partial charge in [-0.15, -0.1) is 0 Å². The smallest absolute Gasteiger partial charge is 0.255 e. The largest absolute Gasteiger partial charge is 0.364 e. The first-order valence-electron chi connectivity index (χ1n) is 11.4. The predicted octanol–water partition coefficient (Wildman–Crippen LogP) is 2.21. The highest BCUT2D eigenvalue weighted by molar-refractivity contribution is 6.06. The lowest BCUT2D eigenvalue weighted by Gasteiger charge is -2.37. The third kappa shape index (κ3) is 3.88. The van der Waals surface area contributed by atoms with Crippen LogP contribution in [0.15, 0.2) is 48.5 Å². The number of anilines is 1. The Labute approximate surface area is 187 Å². The molecule has 1 unspecified atom stereocenters. The molecule has 2 saturated heterocycles. The number of carbonyl (C=O) groups excluding carboxylic acids is 3. The van der Waals surface area contributed by atoms with E-state index in [2.05, 4.69) is 39.8 Å². The molecule has 3 aliphatic heterocycles. The summed E-state index contributed by atoms with van der Waals surface area (Å²) < 4.78 is 0. The molecule has 166 valence electrons. The lowest BCUT2D eigenvalue weighted by molar-refractivity contribution is -0.136. The van der Waals surface area contributed by atoms with Crippen LogP contribution in [-0.2, 0) is 22.7 Å². The van der Waals surface area contributed by atoms with Gasteiger partial charge in [-0.3, -0.25) is 19.7 Å². The van der Waals surface area contributed by atoms with E-state index in [9.17, 15) is 14.4 Å². The van der Waals surface area contributed by atoms with Gasteiger partial charge in [0.2, 0.25) is 11.8 Å². The van der Waals surface area contributed by atoms with E-state index in [1.54, 1.807) is 4.90 Å². The van der Waals surface area contributed by atoms with Crippen LogP contribution in [-0.4, -0.2) is 47.8 Å². The summed E-state index contributed by atoms with van der Waals surface area (Å²) in [5.74, 6) is -0.746. The second kappa shape index (κ2) is 8.74. The van der Waals surface area contributed by atoms with Crippen LogP contribution < -0.4 is 15.5 Å². The van der Waals surface area contributed by atoms with Crippen LogP contribution in [0.4, 0.5) is 5.69 Å². The number of nitrogens with one attached hydrogen (secondary N) is 2. The van der Waals surface area contributed by atoms with E-state index in [0.717, 1.165) is 42.7 Å². The number of rotatable bonds is 5. The van der Waals surface area contributed by atoms with Gasteiger partial charge in [-0.05, 0) is 55.6 Å². The van der Waals surface area contributed by atoms with Gasteiger partial charge in [0.15, 0.2) is 0 Å². The zero-order chi connectivity index (χ0) is 22.1. The molecule has 7 nitrogen and oxygen atoms in total. The molecule has 3 aliphatic rings. The number of piperidine rings is 2. The van der Waals surface area contributed by atoms with Crippen molar-refractivity contribution in [2.24, 2.45) is 0 Å². The Morgan fingerprint density at radius 3 is 2.47 bits per heavy atom. The summed E-state index contributed by atoms with van der Waals surface area (Å²) in [7, 11) is 0. The molecule has 0 saturated carbocycles. The van der Waals surface area contributed by atoms with Crippen LogP contribution in [0.3, 0.4) is 0 Å². The normalized spacial score (nSPS) is 21.4. The highest BCUT2D eigenvalue weighted by atomic mass is 16.2. The minimum Gasteiger partial charge on any atom is -0.364 e. The second-order valence-electron chi connectivity index (χ2n) is 8.80. The number of imide groups is 1. The van der Waals surface area contributed by atoms with E-state index < -0.39 is 6.04 Å². The van der Waals surface area contributed by atoms with Crippen molar-refractivity contribution in [2.45, 2.75) is 50.9 Å². The molecule has 0 aromatic heterocycles. The molecule has 2 fully saturated rings. The molecule has 3 heterocycles. The quantitative estimate of drug-likeness (QED) is 0.708. The predicted molar refractivity (Wildman–Crippen MR) is 121 cm³/mol. The number of amides is 3. The summed E-state index contributed by atoms with van der Waals surface area (Å²) in [6, 6.07) is 16.2. The van der Waals surface area contributed by atoms with Crippen LogP contribution in [0.1, 0.15) is 47.2 Å². The number of benzene rings is 2. The number of nitrogens with zero attached hydrogens (tertiary/aromatic N) is 2. The minimum absolute atomic E-state index is 0.108. The van der Waals surface area contributed by atoms with Crippen LogP contribution in [0, 0.1) is 0 Å². The van der Waals surface area contributed by atoms with E-state index >= 15 is 0 Å². The number of carbonyl (C=O) groups is 3. The fourth-order valence-electron chi connectivity index (χ4n) is 5.17. The molecule has 2 aromatic carbocycles. The van der Waals surface area contributed by atoms with Crippen molar-refractivity contribution in [3.8, 4) is 0 Å². The third-order valence-corrected chi connectivity index (χ3v) is 6.82. The highest BCUT2D eigenvalue weighted by Gasteiger charge is 2.40. The van der Waals surface area contributed by atoms with Gasteiger partial charge in [0.05, 0.1) is 0 Å². The molecule has 32 heavy (non-hydrogen) atoms. The number of hydrogen-bond donors (Lipinski definition) is 2. The molecule has 1 atom stereocenters. The lowest BCUT2D eigenvalue weighted by Crippen LogP contribution is -2.52. The van der Waals surface area contributed by atoms with Gasteiger partial charge < -0.3 is 15.1 Å². The van der Waals surface area contributed by atoms with Gasteiger partial charge in [0, 0.05) is 36.8 Å². The topological polar surface area (TPSA) is 81.8 Å². The van der Waals surface area contributed by atoms with Gasteiger partial charge >= 0.3 is 0 Å². The van der Waals surface area contributed by atoms with Crippen molar-refractivity contribution in [1.82, 2.24) is 15.5 Å². The maximum Gasteiger partial charge on any atom is 0.255 e. The molecule has 0 aliphatic carbocycles. The fourth-order valence-corrected chi connectivity index (χ4v) is 5.17. The first-order chi connectivity index (χ1) is 15.6.